The number of hydrogen-bond acceptors (Lipinski definition) is 4. The van der Waals surface area contributed by atoms with E-state index >= 15 is 0 Å². The van der Waals surface area contributed by atoms with Crippen LogP contribution in [-0.2, 0) is 15.9 Å². The Morgan fingerprint density at radius 2 is 2.18 bits per heavy atom. The lowest BCUT2D eigenvalue weighted by Gasteiger charge is -2.11. The fraction of sp³-hybridized carbons (Fsp3) is 0.333. The van der Waals surface area contributed by atoms with Gasteiger partial charge in [0.15, 0.2) is 6.29 Å². The van der Waals surface area contributed by atoms with Gasteiger partial charge < -0.3 is 14.6 Å². The lowest BCUT2D eigenvalue weighted by atomic mass is 10.0. The van der Waals surface area contributed by atoms with Crippen LogP contribution in [0.3, 0.4) is 0 Å². The van der Waals surface area contributed by atoms with Crippen LogP contribution in [0.15, 0.2) is 18.2 Å². The Morgan fingerprint density at radius 3 is 2.76 bits per heavy atom. The third-order valence-corrected chi connectivity index (χ3v) is 2.54. The van der Waals surface area contributed by atoms with Crippen LogP contribution in [0.25, 0.3) is 0 Å². The summed E-state index contributed by atoms with van der Waals surface area (Å²) in [5.74, 6) is -1.01. The molecule has 1 heterocycles. The molecule has 1 saturated heterocycles. The molecule has 0 amide bonds. The third kappa shape index (κ3) is 2.61. The van der Waals surface area contributed by atoms with E-state index in [0.29, 0.717) is 30.8 Å². The van der Waals surface area contributed by atoms with Crippen molar-refractivity contribution in [2.24, 2.45) is 0 Å². The van der Waals surface area contributed by atoms with Gasteiger partial charge in [0, 0.05) is 6.42 Å². The van der Waals surface area contributed by atoms with Gasteiger partial charge >= 0.3 is 5.97 Å². The lowest BCUT2D eigenvalue weighted by molar-refractivity contribution is -0.0400. The van der Waals surface area contributed by atoms with Crippen molar-refractivity contribution in [3.8, 4) is 6.07 Å². The van der Waals surface area contributed by atoms with Crippen molar-refractivity contribution < 1.29 is 19.4 Å². The molecule has 88 valence electrons. The molecule has 0 saturated carbocycles. The van der Waals surface area contributed by atoms with Gasteiger partial charge in [-0.05, 0) is 23.8 Å². The molecule has 1 fully saturated rings. The van der Waals surface area contributed by atoms with Gasteiger partial charge in [-0.3, -0.25) is 0 Å². The molecule has 0 aliphatic carbocycles. The minimum Gasteiger partial charge on any atom is -0.478 e. The normalized spacial score (nSPS) is 15.7. The molecule has 0 aromatic heterocycles. The average Bonchev–Trinajstić information content (AvgIpc) is 2.81. The second-order valence-corrected chi connectivity index (χ2v) is 3.66. The van der Waals surface area contributed by atoms with Gasteiger partial charge in [0.2, 0.25) is 0 Å². The standard InChI is InChI=1S/C12H11NO4/c13-7-8-1-2-10(12(14)15)9(5-8)6-11-16-3-4-17-11/h1-2,5,11H,3-4,6H2,(H,14,15). The van der Waals surface area contributed by atoms with Crippen molar-refractivity contribution >= 4 is 5.97 Å². The van der Waals surface area contributed by atoms with Gasteiger partial charge in [-0.1, -0.05) is 0 Å². The van der Waals surface area contributed by atoms with Crippen LogP contribution in [-0.4, -0.2) is 30.6 Å². The zero-order valence-electron chi connectivity index (χ0n) is 9.05. The quantitative estimate of drug-likeness (QED) is 0.847. The highest BCUT2D eigenvalue weighted by atomic mass is 16.7. The Labute approximate surface area is 98.2 Å². The van der Waals surface area contributed by atoms with Crippen molar-refractivity contribution in [1.29, 1.82) is 5.26 Å². The number of nitriles is 1. The Bertz CT molecular complexity index is 472. The van der Waals surface area contributed by atoms with Gasteiger partial charge in [0.25, 0.3) is 0 Å². The largest absolute Gasteiger partial charge is 0.478 e. The van der Waals surface area contributed by atoms with E-state index in [1.165, 1.54) is 12.1 Å². The number of aromatic carboxylic acids is 1. The number of rotatable bonds is 3. The summed E-state index contributed by atoms with van der Waals surface area (Å²) in [6, 6.07) is 6.47. The summed E-state index contributed by atoms with van der Waals surface area (Å²) in [5, 5.41) is 17.8. The molecular weight excluding hydrogens is 222 g/mol. The predicted octanol–water partition coefficient (Wildman–Crippen LogP) is 1.17. The minimum absolute atomic E-state index is 0.183. The van der Waals surface area contributed by atoms with E-state index in [1.807, 2.05) is 6.07 Å². The fourth-order valence-electron chi connectivity index (χ4n) is 1.75. The molecule has 5 heteroatoms. The summed E-state index contributed by atoms with van der Waals surface area (Å²) in [6.45, 7) is 1.04. The van der Waals surface area contributed by atoms with Crippen molar-refractivity contribution in [2.75, 3.05) is 13.2 Å². The maximum Gasteiger partial charge on any atom is 0.335 e. The third-order valence-electron chi connectivity index (χ3n) is 2.54. The molecule has 17 heavy (non-hydrogen) atoms. The van der Waals surface area contributed by atoms with E-state index < -0.39 is 12.3 Å². The Kier molecular flexibility index (Phi) is 3.38. The van der Waals surface area contributed by atoms with Gasteiger partial charge in [0.05, 0.1) is 30.4 Å². The van der Waals surface area contributed by atoms with Crippen molar-refractivity contribution in [1.82, 2.24) is 0 Å². The van der Waals surface area contributed by atoms with Gasteiger partial charge in [0.1, 0.15) is 0 Å². The van der Waals surface area contributed by atoms with E-state index in [9.17, 15) is 4.79 Å². The topological polar surface area (TPSA) is 79.6 Å². The second-order valence-electron chi connectivity index (χ2n) is 3.66. The molecule has 1 aromatic rings. The van der Waals surface area contributed by atoms with Crippen LogP contribution >= 0.6 is 0 Å². The summed E-state index contributed by atoms with van der Waals surface area (Å²) in [6.07, 6.45) is -0.0704. The second kappa shape index (κ2) is 4.95. The van der Waals surface area contributed by atoms with Crippen molar-refractivity contribution in [3.63, 3.8) is 0 Å². The fourth-order valence-corrected chi connectivity index (χ4v) is 1.75. The number of nitrogens with zero attached hydrogens (tertiary/aromatic N) is 1. The highest BCUT2D eigenvalue weighted by molar-refractivity contribution is 5.89. The number of carbonyl (C=O) groups is 1. The number of carboxylic acid groups (broad SMARTS) is 1. The van der Waals surface area contributed by atoms with Crippen LogP contribution < -0.4 is 0 Å². The van der Waals surface area contributed by atoms with Crippen LogP contribution in [0, 0.1) is 11.3 Å². The van der Waals surface area contributed by atoms with Gasteiger partial charge in [-0.25, -0.2) is 4.79 Å². The number of ether oxygens (including phenoxy) is 2. The first-order chi connectivity index (χ1) is 8.20. The van der Waals surface area contributed by atoms with Crippen molar-refractivity contribution in [3.05, 3.63) is 34.9 Å². The zero-order valence-corrected chi connectivity index (χ0v) is 9.05. The first-order valence-corrected chi connectivity index (χ1v) is 5.20. The minimum atomic E-state index is -1.01. The summed E-state index contributed by atoms with van der Waals surface area (Å²) < 4.78 is 10.5. The highest BCUT2D eigenvalue weighted by Crippen LogP contribution is 2.17. The maximum absolute atomic E-state index is 11.0. The van der Waals surface area contributed by atoms with Crippen LogP contribution in [0.5, 0.6) is 0 Å². The Balaban J connectivity index is 2.28. The Hall–Kier alpha value is -1.90. The number of hydrogen-bond donors (Lipinski definition) is 1. The van der Waals surface area contributed by atoms with Crippen molar-refractivity contribution in [2.45, 2.75) is 12.7 Å². The molecule has 5 nitrogen and oxygen atoms in total. The smallest absolute Gasteiger partial charge is 0.335 e. The molecule has 0 spiro atoms. The molecule has 1 N–H and O–H groups in total. The monoisotopic (exact) mass is 233 g/mol. The van der Waals surface area contributed by atoms with Gasteiger partial charge in [-0.2, -0.15) is 5.26 Å². The molecule has 0 bridgehead atoms. The first-order valence-electron chi connectivity index (χ1n) is 5.20. The van der Waals surface area contributed by atoms with Crippen LogP contribution in [0.1, 0.15) is 21.5 Å². The van der Waals surface area contributed by atoms with E-state index in [-0.39, 0.29) is 5.56 Å². The number of benzene rings is 1. The molecule has 1 aliphatic rings. The summed E-state index contributed by atoms with van der Waals surface area (Å²) in [7, 11) is 0. The number of carboxylic acids is 1. The molecule has 0 atom stereocenters. The summed E-state index contributed by atoms with van der Waals surface area (Å²) >= 11 is 0. The molecule has 1 aliphatic heterocycles. The first kappa shape index (κ1) is 11.6. The van der Waals surface area contributed by atoms with E-state index in [1.54, 1.807) is 6.07 Å². The predicted molar refractivity (Wildman–Crippen MR) is 57.5 cm³/mol. The van der Waals surface area contributed by atoms with E-state index in [4.69, 9.17) is 19.8 Å². The maximum atomic E-state index is 11.0. The van der Waals surface area contributed by atoms with Crippen LogP contribution in [0.4, 0.5) is 0 Å². The Morgan fingerprint density at radius 1 is 1.47 bits per heavy atom. The SMILES string of the molecule is N#Cc1ccc(C(=O)O)c(CC2OCCO2)c1. The van der Waals surface area contributed by atoms with E-state index in [2.05, 4.69) is 0 Å². The molecular formula is C12H11NO4. The average molecular weight is 233 g/mol. The summed E-state index contributed by atoms with van der Waals surface area (Å²) in [4.78, 5) is 11.0. The van der Waals surface area contributed by atoms with E-state index in [0.717, 1.165) is 0 Å². The van der Waals surface area contributed by atoms with Crippen LogP contribution in [0.2, 0.25) is 0 Å². The highest BCUT2D eigenvalue weighted by Gasteiger charge is 2.20. The zero-order chi connectivity index (χ0) is 12.3. The van der Waals surface area contributed by atoms with Gasteiger partial charge in [-0.15, -0.1) is 0 Å². The molecule has 0 unspecified atom stereocenters. The lowest BCUT2D eigenvalue weighted by Crippen LogP contribution is -2.14. The molecule has 2 rings (SSSR count). The molecule has 0 radical (unpaired) electrons. The summed E-state index contributed by atoms with van der Waals surface area (Å²) in [5.41, 5.74) is 1.18. The molecule has 1 aromatic carbocycles.